The van der Waals surface area contributed by atoms with Crippen LogP contribution in [-0.4, -0.2) is 36.3 Å². The van der Waals surface area contributed by atoms with Gasteiger partial charge in [0.25, 0.3) is 17.7 Å². The second-order valence-electron chi connectivity index (χ2n) is 6.81. The Morgan fingerprint density at radius 3 is 2.76 bits per heavy atom. The van der Waals surface area contributed by atoms with Crippen LogP contribution >= 0.6 is 0 Å². The monoisotopic (exact) mass is 522 g/mol. The van der Waals surface area contributed by atoms with Crippen molar-refractivity contribution in [1.29, 1.82) is 0 Å². The molecule has 29 heavy (non-hydrogen) atoms. The zero-order chi connectivity index (χ0) is 20.4. The zero-order valence-corrected chi connectivity index (χ0v) is 18.5. The Morgan fingerprint density at radius 1 is 1.34 bits per heavy atom. The fraction of sp³-hybridized carbons (Fsp3) is 0.611. The number of aromatic nitrogens is 1. The first-order valence-electron chi connectivity index (χ1n) is 9.43. The molecule has 0 radical (unpaired) electrons. The van der Waals surface area contributed by atoms with Crippen LogP contribution in [-0.2, 0) is 16.3 Å². The fourth-order valence-corrected chi connectivity index (χ4v) is 3.24. The van der Waals surface area contributed by atoms with Gasteiger partial charge in [0, 0.05) is 18.7 Å². The predicted octanol–water partition coefficient (Wildman–Crippen LogP) is -1.43. The maximum Gasteiger partial charge on any atom is 0.412 e. The second kappa shape index (κ2) is 13.1. The molecule has 1 atom stereocenters. The molecule has 2 rings (SSSR count). The summed E-state index contributed by atoms with van der Waals surface area (Å²) in [5.74, 6) is 0.0805. The summed E-state index contributed by atoms with van der Waals surface area (Å²) in [7, 11) is 0. The maximum absolute atomic E-state index is 12.0. The molecule has 162 valence electrons. The second-order valence-corrected chi connectivity index (χ2v) is 6.81. The molecule has 11 heteroatoms. The number of ether oxygens (including phenoxy) is 1. The number of amides is 2. The lowest BCUT2D eigenvalue weighted by Crippen LogP contribution is -3.00. The van der Waals surface area contributed by atoms with Crippen molar-refractivity contribution in [3.05, 3.63) is 40.2 Å². The lowest BCUT2D eigenvalue weighted by atomic mass is 9.85. The quantitative estimate of drug-likeness (QED) is 0.135. The molecule has 0 bridgehead atoms. The lowest BCUT2D eigenvalue weighted by molar-refractivity contribution is -0.757. The molecular weight excluding hydrogens is 495 g/mol. The van der Waals surface area contributed by atoms with E-state index in [2.05, 4.69) is 15.5 Å². The predicted molar refractivity (Wildman–Crippen MR) is 97.6 cm³/mol. The summed E-state index contributed by atoms with van der Waals surface area (Å²) in [5.41, 5.74) is 0.336. The highest BCUT2D eigenvalue weighted by Crippen LogP contribution is 2.26. The van der Waals surface area contributed by atoms with Crippen molar-refractivity contribution >= 4 is 12.0 Å². The van der Waals surface area contributed by atoms with Crippen LogP contribution < -0.4 is 39.2 Å². The normalized spacial score (nSPS) is 14.8. The van der Waals surface area contributed by atoms with Crippen LogP contribution in [0.4, 0.5) is 4.79 Å². The van der Waals surface area contributed by atoms with Crippen molar-refractivity contribution in [2.75, 3.05) is 13.2 Å². The minimum Gasteiger partial charge on any atom is -1.00 e. The number of rotatable bonds is 9. The molecule has 2 amide bonds. The molecule has 2 N–H and O–H groups in total. The Balaban J connectivity index is 0.00000420. The van der Waals surface area contributed by atoms with E-state index in [1.807, 2.05) is 6.92 Å². The van der Waals surface area contributed by atoms with Gasteiger partial charge < -0.3 is 44.2 Å². The number of hydrogen-bond acceptors (Lipinski definition) is 6. The first-order chi connectivity index (χ1) is 13.5. The summed E-state index contributed by atoms with van der Waals surface area (Å²) < 4.78 is 6.80. The van der Waals surface area contributed by atoms with Gasteiger partial charge in [0.1, 0.15) is 12.2 Å². The Bertz CT molecular complexity index is 684. The van der Waals surface area contributed by atoms with Gasteiger partial charge in [-0.3, -0.25) is 4.79 Å². The summed E-state index contributed by atoms with van der Waals surface area (Å²) in [6.07, 6.45) is 8.63. The Labute approximate surface area is 186 Å². The molecular formula is C18H27IN4O6. The molecule has 1 heterocycles. The molecule has 1 aliphatic rings. The Kier molecular flexibility index (Phi) is 11.2. The van der Waals surface area contributed by atoms with Crippen molar-refractivity contribution in [2.45, 2.75) is 51.8 Å². The molecule has 0 unspecified atom stereocenters. The van der Waals surface area contributed by atoms with E-state index in [-0.39, 0.29) is 49.9 Å². The van der Waals surface area contributed by atoms with Crippen molar-refractivity contribution in [2.24, 2.45) is 5.92 Å². The summed E-state index contributed by atoms with van der Waals surface area (Å²) in [5, 5.41) is 14.5. The number of alkyl carbamates (subject to hydrolysis) is 1. The first kappa shape index (κ1) is 24.9. The van der Waals surface area contributed by atoms with E-state index in [4.69, 9.17) is 4.74 Å². The van der Waals surface area contributed by atoms with E-state index in [0.29, 0.717) is 11.5 Å². The van der Waals surface area contributed by atoms with Gasteiger partial charge in [0.2, 0.25) is 0 Å². The summed E-state index contributed by atoms with van der Waals surface area (Å²) in [4.78, 5) is 38.2. The minimum absolute atomic E-state index is 0. The van der Waals surface area contributed by atoms with Gasteiger partial charge in [-0.2, -0.15) is 4.57 Å². The Hall–Kier alpha value is -2.18. The summed E-state index contributed by atoms with van der Waals surface area (Å²) in [6.45, 7) is 1.74. The third-order valence-electron chi connectivity index (χ3n) is 4.75. The minimum atomic E-state index is -0.917. The average molecular weight is 522 g/mol. The third-order valence-corrected chi connectivity index (χ3v) is 4.75. The van der Waals surface area contributed by atoms with E-state index >= 15 is 0 Å². The first-order valence-corrected chi connectivity index (χ1v) is 9.43. The van der Waals surface area contributed by atoms with Crippen LogP contribution in [0.1, 0.15) is 49.4 Å². The fourth-order valence-electron chi connectivity index (χ4n) is 3.24. The van der Waals surface area contributed by atoms with Crippen molar-refractivity contribution in [3.8, 4) is 0 Å². The molecule has 0 aliphatic heterocycles. The molecule has 1 fully saturated rings. The average Bonchev–Trinajstić information content (AvgIpc) is 2.70. The van der Waals surface area contributed by atoms with Gasteiger partial charge >= 0.3 is 6.09 Å². The van der Waals surface area contributed by atoms with E-state index in [1.165, 1.54) is 25.5 Å². The molecule has 1 aliphatic carbocycles. The topological polar surface area (TPSA) is 124 Å². The lowest BCUT2D eigenvalue weighted by Gasteiger charge is -2.27. The molecule has 1 saturated carbocycles. The summed E-state index contributed by atoms with van der Waals surface area (Å²) in [6, 6.07) is 3.30. The molecule has 0 aromatic carbocycles. The standard InChI is InChI=1S/C18H26N4O6.HI/c1-14(15-6-3-2-4-7-15)20-18(24)27-13-21-10-5-8-16(12-21)17(23)19-9-11-28-22(25)26;/h5,8,10,12,14-15H,2-4,6-7,9,11,13H2,1H3,(H-,19,20,23,24);1H/t14-;/m1./s1. The molecule has 0 spiro atoms. The highest BCUT2D eigenvalue weighted by atomic mass is 127. The smallest absolute Gasteiger partial charge is 0.412 e. The van der Waals surface area contributed by atoms with Crippen LogP contribution in [0.5, 0.6) is 0 Å². The number of halogens is 1. The van der Waals surface area contributed by atoms with Crippen LogP contribution in [0.15, 0.2) is 24.5 Å². The SMILES string of the molecule is C[C@@H](NC(=O)OC[n+]1cccc(C(=O)NCCO[N+](=O)[O-])c1)C1CCCCC1.[I-]. The van der Waals surface area contributed by atoms with Crippen molar-refractivity contribution < 1.29 is 52.8 Å². The molecule has 1 aromatic rings. The molecule has 0 saturated heterocycles. The van der Waals surface area contributed by atoms with E-state index in [1.54, 1.807) is 22.9 Å². The Morgan fingerprint density at radius 2 is 2.07 bits per heavy atom. The molecule has 10 nitrogen and oxygen atoms in total. The largest absolute Gasteiger partial charge is 1.00 e. The number of nitrogens with zero attached hydrogens (tertiary/aromatic N) is 2. The number of carbonyl (C=O) groups excluding carboxylic acids is 2. The maximum atomic E-state index is 12.0. The molecule has 1 aromatic heterocycles. The number of pyridine rings is 1. The van der Waals surface area contributed by atoms with Gasteiger partial charge in [0.15, 0.2) is 12.4 Å². The number of carbonyl (C=O) groups is 2. The van der Waals surface area contributed by atoms with Crippen LogP contribution in [0.2, 0.25) is 0 Å². The summed E-state index contributed by atoms with van der Waals surface area (Å²) >= 11 is 0. The third kappa shape index (κ3) is 9.24. The highest BCUT2D eigenvalue weighted by molar-refractivity contribution is 5.93. The van der Waals surface area contributed by atoms with Gasteiger partial charge in [-0.05, 0) is 31.7 Å². The zero-order valence-electron chi connectivity index (χ0n) is 16.3. The van der Waals surface area contributed by atoms with Crippen molar-refractivity contribution in [3.63, 3.8) is 0 Å². The van der Waals surface area contributed by atoms with Crippen molar-refractivity contribution in [1.82, 2.24) is 10.6 Å². The van der Waals surface area contributed by atoms with E-state index in [9.17, 15) is 19.7 Å². The van der Waals surface area contributed by atoms with Crippen LogP contribution in [0.3, 0.4) is 0 Å². The number of hydrogen-bond donors (Lipinski definition) is 2. The van der Waals surface area contributed by atoms with Gasteiger partial charge in [-0.1, -0.05) is 19.3 Å². The van der Waals surface area contributed by atoms with Gasteiger partial charge in [-0.25, -0.2) is 4.79 Å². The van der Waals surface area contributed by atoms with Gasteiger partial charge in [0.05, 0.1) is 0 Å². The number of nitrogens with one attached hydrogen (secondary N) is 2. The van der Waals surface area contributed by atoms with Gasteiger partial charge in [-0.15, -0.1) is 10.1 Å². The highest BCUT2D eigenvalue weighted by Gasteiger charge is 2.22. The van der Waals surface area contributed by atoms with Crippen LogP contribution in [0, 0.1) is 16.0 Å². The van der Waals surface area contributed by atoms with E-state index in [0.717, 1.165) is 12.8 Å². The van der Waals surface area contributed by atoms with Crippen LogP contribution in [0.25, 0.3) is 0 Å². The van der Waals surface area contributed by atoms with E-state index < -0.39 is 17.1 Å².